The van der Waals surface area contributed by atoms with E-state index in [-0.39, 0.29) is 18.5 Å². The van der Waals surface area contributed by atoms with Crippen LogP contribution in [0.1, 0.15) is 43.8 Å². The number of nitrogens with zero attached hydrogens (tertiary/aromatic N) is 2. The van der Waals surface area contributed by atoms with Gasteiger partial charge in [-0.05, 0) is 30.5 Å². The van der Waals surface area contributed by atoms with Gasteiger partial charge in [-0.1, -0.05) is 47.3 Å². The van der Waals surface area contributed by atoms with Gasteiger partial charge in [0.25, 0.3) is 5.91 Å². The lowest BCUT2D eigenvalue weighted by Crippen LogP contribution is -2.49. The van der Waals surface area contributed by atoms with Crippen LogP contribution in [-0.2, 0) is 4.79 Å². The molecule has 1 atom stereocenters. The molecule has 2 fully saturated rings. The van der Waals surface area contributed by atoms with Crippen LogP contribution >= 0.6 is 15.9 Å². The third kappa shape index (κ3) is 2.78. The largest absolute Gasteiger partial charge is 0.387 e. The van der Waals surface area contributed by atoms with E-state index in [1.807, 2.05) is 12.1 Å². The Morgan fingerprint density at radius 1 is 1.26 bits per heavy atom. The molecule has 124 valence electrons. The van der Waals surface area contributed by atoms with Gasteiger partial charge in [0.2, 0.25) is 0 Å². The van der Waals surface area contributed by atoms with Crippen molar-refractivity contribution in [1.29, 1.82) is 0 Å². The number of urea groups is 1. The van der Waals surface area contributed by atoms with Crippen molar-refractivity contribution in [3.63, 3.8) is 0 Å². The minimum atomic E-state index is -0.882. The molecule has 1 N–H and O–H groups in total. The SMILES string of the molecule is CN1C(=O)N(CC(O)c2cccc(Br)c2)C(=O)C12CCCCC2. The molecule has 5 nitrogen and oxygen atoms in total. The number of aliphatic hydroxyl groups excluding tert-OH is 1. The molecular weight excluding hydrogens is 360 g/mol. The highest BCUT2D eigenvalue weighted by molar-refractivity contribution is 9.10. The molecule has 1 aliphatic heterocycles. The van der Waals surface area contributed by atoms with Crippen LogP contribution < -0.4 is 0 Å². The molecule has 0 radical (unpaired) electrons. The molecule has 3 amide bonds. The highest BCUT2D eigenvalue weighted by Crippen LogP contribution is 2.40. The third-order valence-electron chi connectivity index (χ3n) is 5.07. The monoisotopic (exact) mass is 380 g/mol. The first-order valence-corrected chi connectivity index (χ1v) is 8.78. The first-order valence-electron chi connectivity index (χ1n) is 7.99. The van der Waals surface area contributed by atoms with Gasteiger partial charge in [0, 0.05) is 11.5 Å². The maximum absolute atomic E-state index is 12.9. The normalized spacial score (nSPS) is 22.0. The second kappa shape index (κ2) is 6.24. The Bertz CT molecular complexity index is 628. The zero-order valence-corrected chi connectivity index (χ0v) is 14.8. The molecule has 1 aliphatic carbocycles. The molecule has 1 unspecified atom stereocenters. The first kappa shape index (κ1) is 16.5. The summed E-state index contributed by atoms with van der Waals surface area (Å²) >= 11 is 3.37. The van der Waals surface area contributed by atoms with E-state index in [1.54, 1.807) is 24.1 Å². The summed E-state index contributed by atoms with van der Waals surface area (Å²) in [5.41, 5.74) is -0.000927. The molecule has 6 heteroatoms. The molecule has 2 aliphatic rings. The van der Waals surface area contributed by atoms with Crippen LogP contribution in [0.4, 0.5) is 4.79 Å². The van der Waals surface area contributed by atoms with Gasteiger partial charge in [0.1, 0.15) is 5.54 Å². The molecule has 1 saturated heterocycles. The maximum atomic E-state index is 12.9. The van der Waals surface area contributed by atoms with Crippen molar-refractivity contribution in [2.24, 2.45) is 0 Å². The standard InChI is InChI=1S/C17H21BrN2O3/c1-19-16(23)20(15(22)17(19)8-3-2-4-9-17)11-14(21)12-6-5-7-13(18)10-12/h5-7,10,14,21H,2-4,8-9,11H2,1H3. The Balaban J connectivity index is 1.80. The van der Waals surface area contributed by atoms with Crippen molar-refractivity contribution in [3.8, 4) is 0 Å². The summed E-state index contributed by atoms with van der Waals surface area (Å²) in [5, 5.41) is 10.4. The fourth-order valence-corrected chi connectivity index (χ4v) is 4.10. The Morgan fingerprint density at radius 3 is 2.61 bits per heavy atom. The van der Waals surface area contributed by atoms with Gasteiger partial charge in [0.15, 0.2) is 0 Å². The maximum Gasteiger partial charge on any atom is 0.327 e. The van der Waals surface area contributed by atoms with Crippen LogP contribution in [0.2, 0.25) is 0 Å². The second-order valence-corrected chi connectivity index (χ2v) is 7.34. The predicted octanol–water partition coefficient (Wildman–Crippen LogP) is 3.08. The number of carbonyl (C=O) groups is 2. The van der Waals surface area contributed by atoms with E-state index in [1.165, 1.54) is 4.90 Å². The molecule has 23 heavy (non-hydrogen) atoms. The summed E-state index contributed by atoms with van der Waals surface area (Å²) in [6.07, 6.45) is 3.59. The van der Waals surface area contributed by atoms with Crippen LogP contribution in [0.5, 0.6) is 0 Å². The number of aliphatic hydroxyl groups is 1. The highest BCUT2D eigenvalue weighted by atomic mass is 79.9. The number of rotatable bonds is 3. The molecule has 3 rings (SSSR count). The van der Waals surface area contributed by atoms with Gasteiger partial charge >= 0.3 is 6.03 Å². The van der Waals surface area contributed by atoms with Crippen molar-refractivity contribution < 1.29 is 14.7 Å². The predicted molar refractivity (Wildman–Crippen MR) is 89.8 cm³/mol. The number of carbonyl (C=O) groups excluding carboxylic acids is 2. The molecule has 0 bridgehead atoms. The third-order valence-corrected chi connectivity index (χ3v) is 5.57. The molecule has 1 heterocycles. The Kier molecular flexibility index (Phi) is 4.47. The highest BCUT2D eigenvalue weighted by Gasteiger charge is 2.55. The number of hydrogen-bond donors (Lipinski definition) is 1. The minimum Gasteiger partial charge on any atom is -0.387 e. The van der Waals surface area contributed by atoms with Gasteiger partial charge < -0.3 is 10.0 Å². The number of amides is 3. The first-order chi connectivity index (χ1) is 11.0. The topological polar surface area (TPSA) is 60.9 Å². The summed E-state index contributed by atoms with van der Waals surface area (Å²) < 4.78 is 0.856. The van der Waals surface area contributed by atoms with Crippen LogP contribution in [0, 0.1) is 0 Å². The summed E-state index contributed by atoms with van der Waals surface area (Å²) in [4.78, 5) is 28.2. The van der Waals surface area contributed by atoms with E-state index < -0.39 is 11.6 Å². The quantitative estimate of drug-likeness (QED) is 0.819. The lowest BCUT2D eigenvalue weighted by Gasteiger charge is -2.35. The van der Waals surface area contributed by atoms with Crippen molar-refractivity contribution >= 4 is 27.9 Å². The van der Waals surface area contributed by atoms with Gasteiger partial charge in [0.05, 0.1) is 12.6 Å². The Labute approximate surface area is 144 Å². The van der Waals surface area contributed by atoms with Crippen LogP contribution in [0.15, 0.2) is 28.7 Å². The van der Waals surface area contributed by atoms with Crippen molar-refractivity contribution in [3.05, 3.63) is 34.3 Å². The van der Waals surface area contributed by atoms with Gasteiger partial charge in [-0.15, -0.1) is 0 Å². The van der Waals surface area contributed by atoms with E-state index in [0.29, 0.717) is 5.56 Å². The lowest BCUT2D eigenvalue weighted by molar-refractivity contribution is -0.135. The zero-order valence-electron chi connectivity index (χ0n) is 13.2. The van der Waals surface area contributed by atoms with Crippen LogP contribution in [0.3, 0.4) is 0 Å². The van der Waals surface area contributed by atoms with Crippen molar-refractivity contribution in [1.82, 2.24) is 9.80 Å². The zero-order chi connectivity index (χ0) is 16.6. The summed E-state index contributed by atoms with van der Waals surface area (Å²) in [6, 6.07) is 6.99. The van der Waals surface area contributed by atoms with E-state index in [2.05, 4.69) is 15.9 Å². The van der Waals surface area contributed by atoms with Gasteiger partial charge in [-0.2, -0.15) is 0 Å². The van der Waals surface area contributed by atoms with E-state index in [4.69, 9.17) is 0 Å². The molecule has 1 spiro atoms. The van der Waals surface area contributed by atoms with Gasteiger partial charge in [-0.25, -0.2) is 4.79 Å². The molecule has 1 saturated carbocycles. The van der Waals surface area contributed by atoms with Crippen LogP contribution in [0.25, 0.3) is 0 Å². The van der Waals surface area contributed by atoms with E-state index >= 15 is 0 Å². The summed E-state index contributed by atoms with van der Waals surface area (Å²) in [6.45, 7) is 0.000208. The molecule has 0 aromatic heterocycles. The average Bonchev–Trinajstić information content (AvgIpc) is 2.72. The lowest BCUT2D eigenvalue weighted by atomic mass is 9.80. The fraction of sp³-hybridized carbons (Fsp3) is 0.529. The van der Waals surface area contributed by atoms with Crippen LogP contribution in [-0.4, -0.2) is 46.0 Å². The Hall–Kier alpha value is -1.40. The number of likely N-dealkylation sites (N-methyl/N-ethyl adjacent to an activating group) is 1. The summed E-state index contributed by atoms with van der Waals surface area (Å²) in [7, 11) is 1.71. The van der Waals surface area contributed by atoms with Crippen molar-refractivity contribution in [2.45, 2.75) is 43.7 Å². The molecule has 1 aromatic rings. The van der Waals surface area contributed by atoms with E-state index in [0.717, 1.165) is 36.6 Å². The van der Waals surface area contributed by atoms with Crippen molar-refractivity contribution in [2.75, 3.05) is 13.6 Å². The summed E-state index contributed by atoms with van der Waals surface area (Å²) in [5.74, 6) is -0.154. The second-order valence-electron chi connectivity index (χ2n) is 6.42. The number of β-amino-alcohol motifs (C(OH)–C–C–N with tert-alkyl or cyclic N) is 1. The number of halogens is 1. The number of imide groups is 1. The molecular formula is C17H21BrN2O3. The number of benzene rings is 1. The van der Waals surface area contributed by atoms with Gasteiger partial charge in [-0.3, -0.25) is 9.69 Å². The number of hydrogen-bond acceptors (Lipinski definition) is 3. The fourth-order valence-electron chi connectivity index (χ4n) is 3.68. The minimum absolute atomic E-state index is 0.000208. The smallest absolute Gasteiger partial charge is 0.327 e. The Morgan fingerprint density at radius 2 is 1.96 bits per heavy atom. The average molecular weight is 381 g/mol. The molecule has 1 aromatic carbocycles. The van der Waals surface area contributed by atoms with E-state index in [9.17, 15) is 14.7 Å².